The summed E-state index contributed by atoms with van der Waals surface area (Å²) in [6.45, 7) is 0. The molecule has 4 atom stereocenters. The number of rotatable bonds is 4. The largest absolute Gasteiger partial charge is 0.387 e. The van der Waals surface area contributed by atoms with Crippen molar-refractivity contribution in [3.05, 3.63) is 12.7 Å². The number of nitrogens with two attached hydrogens (primary N) is 2. The smallest absolute Gasteiger partial charge is 0.167 e. The SMILES string of the molecule is NCSC[C@H]1O[C@@H](n2cnc3c(N)ncnc32)[C@@H](O)C1O. The first-order valence-corrected chi connectivity index (χ1v) is 7.51. The van der Waals surface area contributed by atoms with E-state index in [0.29, 0.717) is 22.8 Å². The Balaban J connectivity index is 1.90. The number of ether oxygens (including phenoxy) is 1. The second-order valence-electron chi connectivity index (χ2n) is 4.67. The van der Waals surface area contributed by atoms with E-state index in [9.17, 15) is 10.2 Å². The Hall–Kier alpha value is -1.46. The summed E-state index contributed by atoms with van der Waals surface area (Å²) in [4.78, 5) is 12.1. The molecule has 0 bridgehead atoms. The predicted octanol–water partition coefficient (Wildman–Crippen LogP) is -1.32. The highest BCUT2D eigenvalue weighted by atomic mass is 32.2. The first-order chi connectivity index (χ1) is 10.1. The summed E-state index contributed by atoms with van der Waals surface area (Å²) in [6, 6.07) is 0. The molecule has 2 aromatic heterocycles. The maximum atomic E-state index is 10.2. The van der Waals surface area contributed by atoms with Gasteiger partial charge in [0.2, 0.25) is 0 Å². The van der Waals surface area contributed by atoms with E-state index in [4.69, 9.17) is 16.2 Å². The van der Waals surface area contributed by atoms with Crippen LogP contribution in [0.2, 0.25) is 0 Å². The third kappa shape index (κ3) is 2.45. The van der Waals surface area contributed by atoms with Gasteiger partial charge in [-0.3, -0.25) is 4.57 Å². The van der Waals surface area contributed by atoms with Crippen LogP contribution in [0.3, 0.4) is 0 Å². The zero-order chi connectivity index (χ0) is 15.0. The zero-order valence-corrected chi connectivity index (χ0v) is 11.8. The average molecular weight is 312 g/mol. The number of fused-ring (bicyclic) bond motifs is 1. The Morgan fingerprint density at radius 2 is 2.10 bits per heavy atom. The van der Waals surface area contributed by atoms with Gasteiger partial charge in [0.1, 0.15) is 24.1 Å². The molecule has 0 saturated carbocycles. The lowest BCUT2D eigenvalue weighted by Gasteiger charge is -2.16. The summed E-state index contributed by atoms with van der Waals surface area (Å²) >= 11 is 1.43. The molecule has 3 rings (SSSR count). The highest BCUT2D eigenvalue weighted by Crippen LogP contribution is 2.33. The van der Waals surface area contributed by atoms with Crippen molar-refractivity contribution in [2.75, 3.05) is 17.4 Å². The van der Waals surface area contributed by atoms with Gasteiger partial charge in [-0.15, -0.1) is 11.8 Å². The van der Waals surface area contributed by atoms with Crippen molar-refractivity contribution in [1.29, 1.82) is 0 Å². The minimum absolute atomic E-state index is 0.252. The number of aliphatic hydroxyl groups is 2. The third-order valence-corrected chi connectivity index (χ3v) is 4.20. The fourth-order valence-corrected chi connectivity index (χ4v) is 2.98. The van der Waals surface area contributed by atoms with Crippen LogP contribution in [0.25, 0.3) is 11.2 Å². The maximum Gasteiger partial charge on any atom is 0.167 e. The second-order valence-corrected chi connectivity index (χ2v) is 5.74. The van der Waals surface area contributed by atoms with Crippen molar-refractivity contribution in [3.63, 3.8) is 0 Å². The number of hydrogen-bond donors (Lipinski definition) is 4. The van der Waals surface area contributed by atoms with Crippen molar-refractivity contribution >= 4 is 28.7 Å². The van der Waals surface area contributed by atoms with Gasteiger partial charge in [0, 0.05) is 11.6 Å². The zero-order valence-electron chi connectivity index (χ0n) is 11.0. The van der Waals surface area contributed by atoms with Gasteiger partial charge in [-0.25, -0.2) is 15.0 Å². The summed E-state index contributed by atoms with van der Waals surface area (Å²) in [5, 5.41) is 20.2. The highest BCUT2D eigenvalue weighted by molar-refractivity contribution is 7.99. The number of imidazole rings is 1. The van der Waals surface area contributed by atoms with Crippen LogP contribution in [-0.2, 0) is 4.74 Å². The average Bonchev–Trinajstić information content (AvgIpc) is 3.02. The monoisotopic (exact) mass is 312 g/mol. The minimum atomic E-state index is -1.08. The van der Waals surface area contributed by atoms with Crippen LogP contribution in [0.5, 0.6) is 0 Å². The first kappa shape index (κ1) is 14.5. The molecule has 1 fully saturated rings. The number of aliphatic hydroxyl groups excluding tert-OH is 2. The van der Waals surface area contributed by atoms with E-state index in [2.05, 4.69) is 15.0 Å². The summed E-state index contributed by atoms with van der Waals surface area (Å²) in [7, 11) is 0. The van der Waals surface area contributed by atoms with Gasteiger partial charge in [-0.1, -0.05) is 0 Å². The molecule has 2 aromatic rings. The van der Waals surface area contributed by atoms with Crippen LogP contribution >= 0.6 is 11.8 Å². The fourth-order valence-electron chi connectivity index (χ4n) is 2.34. The van der Waals surface area contributed by atoms with E-state index in [0.717, 1.165) is 0 Å². The number of nitrogen functional groups attached to an aromatic ring is 1. The molecular weight excluding hydrogens is 296 g/mol. The quantitative estimate of drug-likeness (QED) is 0.505. The molecule has 0 amide bonds. The summed E-state index contributed by atoms with van der Waals surface area (Å²) in [6.07, 6.45) is -0.574. The Bertz CT molecular complexity index is 637. The van der Waals surface area contributed by atoms with Crippen molar-refractivity contribution < 1.29 is 14.9 Å². The molecule has 3 heterocycles. The van der Waals surface area contributed by atoms with Crippen LogP contribution in [0.15, 0.2) is 12.7 Å². The lowest BCUT2D eigenvalue weighted by molar-refractivity contribution is -0.0289. The summed E-state index contributed by atoms with van der Waals surface area (Å²) in [5.41, 5.74) is 12.0. The fraction of sp³-hybridized carbons (Fsp3) is 0.545. The topological polar surface area (TPSA) is 145 Å². The lowest BCUT2D eigenvalue weighted by Crippen LogP contribution is -2.32. The molecule has 0 aromatic carbocycles. The molecule has 0 aliphatic carbocycles. The Labute approximate surface area is 124 Å². The van der Waals surface area contributed by atoms with Crippen LogP contribution in [0.4, 0.5) is 5.82 Å². The molecule has 1 aliphatic heterocycles. The molecule has 1 aliphatic rings. The summed E-state index contributed by atoms with van der Waals surface area (Å²) in [5.74, 6) is 1.17. The van der Waals surface area contributed by atoms with Crippen LogP contribution in [0.1, 0.15) is 6.23 Å². The number of thioether (sulfide) groups is 1. The van der Waals surface area contributed by atoms with E-state index in [1.54, 1.807) is 4.57 Å². The molecule has 10 heteroatoms. The van der Waals surface area contributed by atoms with Gasteiger partial charge in [0.25, 0.3) is 0 Å². The van der Waals surface area contributed by atoms with Crippen LogP contribution < -0.4 is 11.5 Å². The van der Waals surface area contributed by atoms with Crippen molar-refractivity contribution in [1.82, 2.24) is 19.5 Å². The van der Waals surface area contributed by atoms with Gasteiger partial charge in [0.15, 0.2) is 17.7 Å². The highest BCUT2D eigenvalue weighted by Gasteiger charge is 2.44. The van der Waals surface area contributed by atoms with E-state index in [-0.39, 0.29) is 5.82 Å². The van der Waals surface area contributed by atoms with E-state index in [1.807, 2.05) is 0 Å². The molecule has 1 unspecified atom stereocenters. The van der Waals surface area contributed by atoms with E-state index in [1.165, 1.54) is 24.4 Å². The minimum Gasteiger partial charge on any atom is -0.387 e. The van der Waals surface area contributed by atoms with Gasteiger partial charge < -0.3 is 26.4 Å². The third-order valence-electron chi connectivity index (χ3n) is 3.40. The molecule has 1 saturated heterocycles. The van der Waals surface area contributed by atoms with Gasteiger partial charge >= 0.3 is 0 Å². The predicted molar refractivity (Wildman–Crippen MR) is 77.2 cm³/mol. The lowest BCUT2D eigenvalue weighted by atomic mass is 10.1. The first-order valence-electron chi connectivity index (χ1n) is 6.36. The summed E-state index contributed by atoms with van der Waals surface area (Å²) < 4.78 is 7.28. The van der Waals surface area contributed by atoms with E-state index >= 15 is 0 Å². The Morgan fingerprint density at radius 3 is 2.86 bits per heavy atom. The molecule has 9 nitrogen and oxygen atoms in total. The van der Waals surface area contributed by atoms with Gasteiger partial charge in [0.05, 0.1) is 12.4 Å². The van der Waals surface area contributed by atoms with E-state index < -0.39 is 24.5 Å². The van der Waals surface area contributed by atoms with Crippen molar-refractivity contribution in [3.8, 4) is 0 Å². The number of aromatic nitrogens is 4. The Kier molecular flexibility index (Phi) is 3.95. The molecule has 21 heavy (non-hydrogen) atoms. The molecule has 114 valence electrons. The maximum absolute atomic E-state index is 10.2. The second kappa shape index (κ2) is 5.73. The molecule has 0 spiro atoms. The molecule has 0 radical (unpaired) electrons. The van der Waals surface area contributed by atoms with Gasteiger partial charge in [-0.2, -0.15) is 0 Å². The van der Waals surface area contributed by atoms with Crippen LogP contribution in [-0.4, -0.2) is 59.7 Å². The van der Waals surface area contributed by atoms with Gasteiger partial charge in [-0.05, 0) is 0 Å². The number of nitrogens with zero attached hydrogens (tertiary/aromatic N) is 4. The molecule has 6 N–H and O–H groups in total. The number of hydrogen-bond acceptors (Lipinski definition) is 9. The standard InChI is InChI=1S/C11H16N6O3S/c12-2-21-1-5-7(18)8(19)11(20-5)17-4-16-6-9(13)14-3-15-10(6)17/h3-5,7-8,11,18-19H,1-2,12H2,(H2,13,14,15)/t5-,7?,8+,11-/m1/s1. The molecular formula is C11H16N6O3S. The van der Waals surface area contributed by atoms with Crippen molar-refractivity contribution in [2.45, 2.75) is 24.5 Å². The number of anilines is 1. The Morgan fingerprint density at radius 1 is 1.29 bits per heavy atom. The van der Waals surface area contributed by atoms with Crippen molar-refractivity contribution in [2.24, 2.45) is 5.73 Å². The van der Waals surface area contributed by atoms with Crippen LogP contribution in [0, 0.1) is 0 Å². The normalized spacial score (nSPS) is 29.3.